The van der Waals surface area contributed by atoms with Crippen molar-refractivity contribution in [3.05, 3.63) is 58.9 Å². The molecule has 0 aliphatic rings. The fourth-order valence-corrected chi connectivity index (χ4v) is 2.75. The van der Waals surface area contributed by atoms with E-state index in [1.807, 2.05) is 0 Å². The van der Waals surface area contributed by atoms with E-state index >= 15 is 0 Å². The Balaban J connectivity index is 0.00000480. The van der Waals surface area contributed by atoms with Gasteiger partial charge >= 0.3 is 0 Å². The van der Waals surface area contributed by atoms with Crippen molar-refractivity contribution in [2.24, 2.45) is 5.73 Å². The van der Waals surface area contributed by atoms with Gasteiger partial charge in [0.15, 0.2) is 6.10 Å². The Labute approximate surface area is 186 Å². The molecule has 0 heterocycles. The number of carbonyl (C=O) groups excluding carboxylic acids is 1. The topological polar surface area (TPSA) is 127 Å². The van der Waals surface area contributed by atoms with Crippen LogP contribution in [0.3, 0.4) is 0 Å². The van der Waals surface area contributed by atoms with E-state index in [9.17, 15) is 9.18 Å². The first-order valence-electron chi connectivity index (χ1n) is 9.35. The molecule has 1 unspecified atom stereocenters. The second-order valence-corrected chi connectivity index (χ2v) is 6.25. The third-order valence-electron chi connectivity index (χ3n) is 4.24. The molecule has 2 aromatic rings. The number of rotatable bonds is 11. The van der Waals surface area contributed by atoms with Crippen molar-refractivity contribution in [2.45, 2.75) is 19.6 Å². The molecule has 0 fully saturated rings. The number of aliphatic hydroxyl groups is 1. The zero-order valence-electron chi connectivity index (χ0n) is 17.3. The lowest BCUT2D eigenvalue weighted by atomic mass is 10.1. The molecule has 1 amide bonds. The molecule has 0 aliphatic heterocycles. The predicted octanol–water partition coefficient (Wildman–Crippen LogP) is 2.31. The van der Waals surface area contributed by atoms with Gasteiger partial charge < -0.3 is 30.4 Å². The SMILES string of the molecule is CCOC(C(=O)NCc1ccc(C(=N)N)cc1OCCO)c1ccc(OC)cc1F.Cl. The van der Waals surface area contributed by atoms with Crippen molar-refractivity contribution in [1.82, 2.24) is 5.32 Å². The Morgan fingerprint density at radius 1 is 1.29 bits per heavy atom. The Morgan fingerprint density at radius 2 is 2.03 bits per heavy atom. The first kappa shape index (κ1) is 26.2. The van der Waals surface area contributed by atoms with E-state index in [-0.39, 0.29) is 50.2 Å². The molecule has 0 saturated carbocycles. The van der Waals surface area contributed by atoms with Crippen molar-refractivity contribution in [2.75, 3.05) is 26.9 Å². The van der Waals surface area contributed by atoms with Crippen LogP contribution in [0, 0.1) is 11.2 Å². The first-order valence-corrected chi connectivity index (χ1v) is 9.35. The summed E-state index contributed by atoms with van der Waals surface area (Å²) in [6, 6.07) is 9.04. The minimum atomic E-state index is -1.14. The van der Waals surface area contributed by atoms with E-state index < -0.39 is 17.8 Å². The van der Waals surface area contributed by atoms with Gasteiger partial charge in [0, 0.05) is 35.9 Å². The Kier molecular flexibility index (Phi) is 10.7. The lowest BCUT2D eigenvalue weighted by Gasteiger charge is -2.19. The highest BCUT2D eigenvalue weighted by Crippen LogP contribution is 2.26. The summed E-state index contributed by atoms with van der Waals surface area (Å²) >= 11 is 0. The zero-order valence-corrected chi connectivity index (χ0v) is 18.1. The second-order valence-electron chi connectivity index (χ2n) is 6.25. The summed E-state index contributed by atoms with van der Waals surface area (Å²) in [7, 11) is 1.43. The van der Waals surface area contributed by atoms with Crippen molar-refractivity contribution in [1.29, 1.82) is 5.41 Å². The maximum atomic E-state index is 14.4. The molecule has 0 saturated heterocycles. The number of amides is 1. The van der Waals surface area contributed by atoms with Gasteiger partial charge in [-0.3, -0.25) is 10.2 Å². The number of aliphatic hydroxyl groups excluding tert-OH is 1. The summed E-state index contributed by atoms with van der Waals surface area (Å²) in [5.74, 6) is -0.556. The van der Waals surface area contributed by atoms with E-state index in [2.05, 4.69) is 5.32 Å². The third kappa shape index (κ3) is 7.09. The number of nitrogens with one attached hydrogen (secondary N) is 2. The van der Waals surface area contributed by atoms with Crippen molar-refractivity contribution < 1.29 is 28.5 Å². The lowest BCUT2D eigenvalue weighted by molar-refractivity contribution is -0.133. The molecule has 10 heteroatoms. The number of hydrogen-bond donors (Lipinski definition) is 4. The quantitative estimate of drug-likeness (QED) is 0.304. The molecule has 2 rings (SSSR count). The van der Waals surface area contributed by atoms with Crippen LogP contribution in [0.1, 0.15) is 29.7 Å². The minimum Gasteiger partial charge on any atom is -0.497 e. The number of carbonyl (C=O) groups is 1. The normalized spacial score (nSPS) is 11.2. The molecule has 31 heavy (non-hydrogen) atoms. The predicted molar refractivity (Wildman–Crippen MR) is 116 cm³/mol. The summed E-state index contributed by atoms with van der Waals surface area (Å²) in [6.45, 7) is 1.84. The Morgan fingerprint density at radius 3 is 2.61 bits per heavy atom. The van der Waals surface area contributed by atoms with Gasteiger partial charge in [-0.1, -0.05) is 12.1 Å². The van der Waals surface area contributed by atoms with Crippen LogP contribution in [0.4, 0.5) is 4.39 Å². The summed E-state index contributed by atoms with van der Waals surface area (Å²) in [5, 5.41) is 19.3. The molecule has 0 bridgehead atoms. The fourth-order valence-electron chi connectivity index (χ4n) is 2.75. The van der Waals surface area contributed by atoms with Crippen LogP contribution < -0.4 is 20.5 Å². The number of methoxy groups -OCH3 is 1. The number of nitrogens with two attached hydrogens (primary N) is 1. The van der Waals surface area contributed by atoms with Gasteiger partial charge in [0.05, 0.1) is 13.7 Å². The van der Waals surface area contributed by atoms with Gasteiger partial charge in [0.2, 0.25) is 0 Å². The highest BCUT2D eigenvalue weighted by molar-refractivity contribution is 5.95. The average molecular weight is 456 g/mol. The molecule has 0 aliphatic carbocycles. The Bertz CT molecular complexity index is 897. The van der Waals surface area contributed by atoms with E-state index in [1.165, 1.54) is 19.2 Å². The molecule has 1 atom stereocenters. The lowest BCUT2D eigenvalue weighted by Crippen LogP contribution is -2.31. The maximum Gasteiger partial charge on any atom is 0.254 e. The number of ether oxygens (including phenoxy) is 3. The third-order valence-corrected chi connectivity index (χ3v) is 4.24. The minimum absolute atomic E-state index is 0. The van der Waals surface area contributed by atoms with Gasteiger partial charge in [-0.15, -0.1) is 12.4 Å². The molecular formula is C21H27ClFN3O5. The molecule has 170 valence electrons. The van der Waals surface area contributed by atoms with Crippen LogP contribution in [0.15, 0.2) is 36.4 Å². The van der Waals surface area contributed by atoms with Crippen LogP contribution in [-0.4, -0.2) is 43.8 Å². The van der Waals surface area contributed by atoms with E-state index in [0.717, 1.165) is 0 Å². The smallest absolute Gasteiger partial charge is 0.254 e. The number of amidine groups is 1. The summed E-state index contributed by atoms with van der Waals surface area (Å²) < 4.78 is 30.4. The molecule has 0 radical (unpaired) electrons. The van der Waals surface area contributed by atoms with Crippen LogP contribution >= 0.6 is 12.4 Å². The monoisotopic (exact) mass is 455 g/mol. The Hall–Kier alpha value is -2.88. The standard InChI is InChI=1S/C21H26FN3O5.ClH/c1-3-29-19(16-7-6-15(28-2)11-17(16)22)21(27)25-12-14-5-4-13(20(23)24)10-18(14)30-9-8-26;/h4-7,10-11,19,26H,3,8-9,12H2,1-2H3,(H3,23,24)(H,25,27);1H. The highest BCUT2D eigenvalue weighted by atomic mass is 35.5. The van der Waals surface area contributed by atoms with Gasteiger partial charge in [0.1, 0.15) is 29.8 Å². The highest BCUT2D eigenvalue weighted by Gasteiger charge is 2.24. The zero-order chi connectivity index (χ0) is 22.1. The molecular weight excluding hydrogens is 429 g/mol. The van der Waals surface area contributed by atoms with Gasteiger partial charge in [-0.05, 0) is 25.1 Å². The fraction of sp³-hybridized carbons (Fsp3) is 0.333. The van der Waals surface area contributed by atoms with Crippen LogP contribution in [0.25, 0.3) is 0 Å². The van der Waals surface area contributed by atoms with Crippen LogP contribution in [0.2, 0.25) is 0 Å². The average Bonchev–Trinajstić information content (AvgIpc) is 2.74. The molecule has 0 spiro atoms. The summed E-state index contributed by atoms with van der Waals surface area (Å²) in [4.78, 5) is 12.7. The van der Waals surface area contributed by atoms with E-state index in [4.69, 9.17) is 30.5 Å². The van der Waals surface area contributed by atoms with Crippen LogP contribution in [-0.2, 0) is 16.1 Å². The molecule has 0 aromatic heterocycles. The maximum absolute atomic E-state index is 14.4. The summed E-state index contributed by atoms with van der Waals surface area (Å²) in [5.41, 5.74) is 6.65. The number of benzene rings is 2. The molecule has 5 N–H and O–H groups in total. The van der Waals surface area contributed by atoms with Crippen molar-refractivity contribution in [3.8, 4) is 11.5 Å². The number of nitrogen functional groups attached to an aromatic ring is 1. The van der Waals surface area contributed by atoms with Gasteiger partial charge in [-0.25, -0.2) is 4.39 Å². The number of hydrogen-bond acceptors (Lipinski definition) is 6. The molecule has 2 aromatic carbocycles. The first-order chi connectivity index (χ1) is 14.4. The van der Waals surface area contributed by atoms with E-state index in [0.29, 0.717) is 22.6 Å². The van der Waals surface area contributed by atoms with Gasteiger partial charge in [0.25, 0.3) is 5.91 Å². The summed E-state index contributed by atoms with van der Waals surface area (Å²) in [6.07, 6.45) is -1.14. The van der Waals surface area contributed by atoms with Crippen LogP contribution in [0.5, 0.6) is 11.5 Å². The van der Waals surface area contributed by atoms with Crippen molar-refractivity contribution in [3.63, 3.8) is 0 Å². The van der Waals surface area contributed by atoms with Gasteiger partial charge in [-0.2, -0.15) is 0 Å². The number of halogens is 2. The second kappa shape index (κ2) is 12.7. The van der Waals surface area contributed by atoms with Crippen molar-refractivity contribution >= 4 is 24.1 Å². The van der Waals surface area contributed by atoms with E-state index in [1.54, 1.807) is 31.2 Å². The largest absolute Gasteiger partial charge is 0.497 e. The molecule has 8 nitrogen and oxygen atoms in total.